The minimum absolute atomic E-state index is 0.0781. The van der Waals surface area contributed by atoms with Crippen LogP contribution in [0.5, 0.6) is 0 Å². The number of ether oxygens (including phenoxy) is 4. The molecule has 0 spiro atoms. The number of hydrogen-bond donors (Lipinski definition) is 3. The second kappa shape index (κ2) is 73.8. The molecule has 19 heteroatoms. The van der Waals surface area contributed by atoms with Gasteiger partial charge in [0.1, 0.15) is 19.3 Å². The molecule has 0 amide bonds. The van der Waals surface area contributed by atoms with E-state index in [9.17, 15) is 43.2 Å². The van der Waals surface area contributed by atoms with Crippen LogP contribution in [0, 0.1) is 0 Å². The van der Waals surface area contributed by atoms with E-state index in [2.05, 4.69) is 101 Å². The fourth-order valence-corrected chi connectivity index (χ4v) is 12.5. The molecule has 3 N–H and O–H groups in total. The highest BCUT2D eigenvalue weighted by molar-refractivity contribution is 7.47. The van der Waals surface area contributed by atoms with E-state index in [1.165, 1.54) is 122 Å². The Morgan fingerprint density at radius 3 is 0.840 bits per heavy atom. The number of unbranched alkanes of at least 4 members (excludes halogenated alkanes) is 39. The van der Waals surface area contributed by atoms with Gasteiger partial charge in [0.25, 0.3) is 0 Å². The number of phosphoric acid groups is 2. The molecule has 0 saturated heterocycles. The van der Waals surface area contributed by atoms with Crippen molar-refractivity contribution >= 4 is 39.5 Å². The van der Waals surface area contributed by atoms with Crippen molar-refractivity contribution in [3.8, 4) is 0 Å². The molecular weight excluding hydrogens is 1310 g/mol. The van der Waals surface area contributed by atoms with Crippen LogP contribution in [0.2, 0.25) is 0 Å². The summed E-state index contributed by atoms with van der Waals surface area (Å²) in [5.41, 5.74) is 0. The normalized spacial score (nSPS) is 14.3. The molecule has 100 heavy (non-hydrogen) atoms. The van der Waals surface area contributed by atoms with E-state index < -0.39 is 97.5 Å². The predicted octanol–water partition coefficient (Wildman–Crippen LogP) is 23.2. The minimum atomic E-state index is -4.98. The molecule has 0 aliphatic rings. The third-order valence-corrected chi connectivity index (χ3v) is 19.0. The van der Waals surface area contributed by atoms with Gasteiger partial charge in [-0.3, -0.25) is 37.3 Å². The van der Waals surface area contributed by atoms with Crippen molar-refractivity contribution in [2.24, 2.45) is 0 Å². The van der Waals surface area contributed by atoms with Gasteiger partial charge in [0.15, 0.2) is 12.2 Å². The minimum Gasteiger partial charge on any atom is -0.462 e. The SMILES string of the molecule is CCCCC/C=C\C/C=C\CCCCCCCC(=O)O[C@H](COC(=O)CCCCCCC/C=C\CCCCCCCC)COP(=O)(O)OC[C@@H](O)COP(=O)(O)OC[C@@H](COC(=O)CCCCCCC/C=C\CCCCCCCC)OC(=O)CCCCCCC/C=C\C=C/CCCCCC. The smallest absolute Gasteiger partial charge is 0.462 e. The van der Waals surface area contributed by atoms with Gasteiger partial charge in [0, 0.05) is 25.7 Å². The molecule has 2 unspecified atom stereocenters. The molecule has 0 bridgehead atoms. The first kappa shape index (κ1) is 96.5. The number of carbonyl (C=O) groups is 4. The molecule has 0 aliphatic carbocycles. The fraction of sp³-hybridized carbons (Fsp3) is 0.802. The number of phosphoric ester groups is 2. The monoisotopic (exact) mass is 1450 g/mol. The Morgan fingerprint density at radius 2 is 0.520 bits per heavy atom. The first-order valence-electron chi connectivity index (χ1n) is 40.2. The summed E-state index contributed by atoms with van der Waals surface area (Å²) >= 11 is 0. The lowest BCUT2D eigenvalue weighted by atomic mass is 10.1. The number of rotatable bonds is 76. The molecule has 0 aromatic carbocycles. The van der Waals surface area contributed by atoms with Crippen LogP contribution in [0.15, 0.2) is 72.9 Å². The van der Waals surface area contributed by atoms with Gasteiger partial charge in [-0.05, 0) is 135 Å². The van der Waals surface area contributed by atoms with Crippen LogP contribution in [-0.2, 0) is 65.4 Å². The summed E-state index contributed by atoms with van der Waals surface area (Å²) in [5.74, 6) is -2.20. The quantitative estimate of drug-likeness (QED) is 0.0128. The maximum atomic E-state index is 13.1. The van der Waals surface area contributed by atoms with E-state index >= 15 is 0 Å². The zero-order valence-electron chi connectivity index (χ0n) is 63.6. The van der Waals surface area contributed by atoms with Crippen LogP contribution < -0.4 is 0 Å². The van der Waals surface area contributed by atoms with E-state index in [1.54, 1.807) is 0 Å². The van der Waals surface area contributed by atoms with Gasteiger partial charge >= 0.3 is 39.5 Å². The zero-order valence-corrected chi connectivity index (χ0v) is 65.4. The standard InChI is InChI=1S/C81H146O17P2/c1-5-9-13-17-21-25-29-33-37-41-45-49-53-57-61-65-78(83)91-71-76(97-80(85)67-63-59-55-51-47-43-39-35-31-27-23-19-15-11-7-3)73-95-99(87,88)93-69-75(82)70-94-100(89,90)96-74-77(98-81(86)68-64-60-56-52-48-44-40-36-32-28-24-20-16-12-8-4)72-92-79(84)66-62-58-54-50-46-42-38-34-30-26-22-18-14-10-6-2/h23,27-28,32-40,75-77,82H,5-22,24-26,29-31,41-74H2,1-4H3,(H,87,88)(H,89,90)/b27-23-,32-28-,37-33-,38-34-,39-35-,40-36-/t75-,76-,77-/m1/s1. The highest BCUT2D eigenvalue weighted by Gasteiger charge is 2.30. The second-order valence-electron chi connectivity index (χ2n) is 27.0. The lowest BCUT2D eigenvalue weighted by Gasteiger charge is -2.21. The molecule has 582 valence electrons. The number of aliphatic hydroxyl groups is 1. The second-order valence-corrected chi connectivity index (χ2v) is 29.9. The van der Waals surface area contributed by atoms with E-state index in [4.69, 9.17) is 37.0 Å². The summed E-state index contributed by atoms with van der Waals surface area (Å²) in [6, 6.07) is 0. The average Bonchev–Trinajstić information content (AvgIpc) is 1.25. The summed E-state index contributed by atoms with van der Waals surface area (Å²) in [4.78, 5) is 73.0. The van der Waals surface area contributed by atoms with E-state index in [-0.39, 0.29) is 25.7 Å². The van der Waals surface area contributed by atoms with Crippen molar-refractivity contribution < 1.29 is 80.2 Å². The van der Waals surface area contributed by atoms with E-state index in [1.807, 2.05) is 0 Å². The largest absolute Gasteiger partial charge is 0.472 e. The Hall–Kier alpha value is -3.50. The van der Waals surface area contributed by atoms with Crippen LogP contribution >= 0.6 is 15.6 Å². The summed E-state index contributed by atoms with van der Waals surface area (Å²) in [6.07, 6.45) is 74.4. The highest BCUT2D eigenvalue weighted by Crippen LogP contribution is 2.45. The topological polar surface area (TPSA) is 237 Å². The van der Waals surface area contributed by atoms with Gasteiger partial charge in [-0.25, -0.2) is 9.13 Å². The molecule has 0 aliphatic heterocycles. The molecule has 0 fully saturated rings. The molecule has 0 saturated carbocycles. The summed E-state index contributed by atoms with van der Waals surface area (Å²) in [6.45, 7) is 4.82. The molecule has 0 aromatic rings. The Kier molecular flexibility index (Phi) is 71.2. The third kappa shape index (κ3) is 72.8. The molecular formula is C81H146O17P2. The van der Waals surface area contributed by atoms with Gasteiger partial charge in [-0.1, -0.05) is 274 Å². The Morgan fingerprint density at radius 1 is 0.290 bits per heavy atom. The lowest BCUT2D eigenvalue weighted by Crippen LogP contribution is -2.30. The zero-order chi connectivity index (χ0) is 73.2. The number of carbonyl (C=O) groups excluding carboxylic acids is 4. The summed E-state index contributed by atoms with van der Waals surface area (Å²) in [5, 5.41) is 10.6. The van der Waals surface area contributed by atoms with Crippen molar-refractivity contribution in [2.75, 3.05) is 39.6 Å². The maximum Gasteiger partial charge on any atom is 0.472 e. The molecule has 0 aromatic heterocycles. The molecule has 0 heterocycles. The van der Waals surface area contributed by atoms with Crippen LogP contribution in [0.1, 0.15) is 362 Å². The van der Waals surface area contributed by atoms with Gasteiger partial charge in [-0.15, -0.1) is 0 Å². The Balaban J connectivity index is 5.37. The third-order valence-electron chi connectivity index (χ3n) is 17.1. The van der Waals surface area contributed by atoms with Crippen LogP contribution in [0.25, 0.3) is 0 Å². The van der Waals surface area contributed by atoms with Gasteiger partial charge < -0.3 is 33.8 Å². The number of aliphatic hydroxyl groups excluding tert-OH is 1. The molecule has 0 rings (SSSR count). The molecule has 5 atom stereocenters. The summed E-state index contributed by atoms with van der Waals surface area (Å²) < 4.78 is 68.6. The van der Waals surface area contributed by atoms with Gasteiger partial charge in [0.05, 0.1) is 26.4 Å². The van der Waals surface area contributed by atoms with Crippen molar-refractivity contribution in [1.82, 2.24) is 0 Å². The van der Waals surface area contributed by atoms with Gasteiger partial charge in [0.2, 0.25) is 0 Å². The lowest BCUT2D eigenvalue weighted by molar-refractivity contribution is -0.161. The van der Waals surface area contributed by atoms with Crippen LogP contribution in [-0.4, -0.2) is 96.7 Å². The highest BCUT2D eigenvalue weighted by atomic mass is 31.2. The fourth-order valence-electron chi connectivity index (χ4n) is 10.9. The van der Waals surface area contributed by atoms with Crippen LogP contribution in [0.3, 0.4) is 0 Å². The van der Waals surface area contributed by atoms with Crippen molar-refractivity contribution in [3.63, 3.8) is 0 Å². The number of esters is 4. The summed E-state index contributed by atoms with van der Waals surface area (Å²) in [7, 11) is -9.96. The van der Waals surface area contributed by atoms with Crippen molar-refractivity contribution in [3.05, 3.63) is 72.9 Å². The number of hydrogen-bond acceptors (Lipinski definition) is 15. The van der Waals surface area contributed by atoms with Crippen molar-refractivity contribution in [1.29, 1.82) is 0 Å². The van der Waals surface area contributed by atoms with Crippen molar-refractivity contribution in [2.45, 2.75) is 380 Å². The molecule has 17 nitrogen and oxygen atoms in total. The average molecular weight is 1450 g/mol. The Labute approximate surface area is 609 Å². The maximum absolute atomic E-state index is 13.1. The first-order chi connectivity index (χ1) is 48.7. The van der Waals surface area contributed by atoms with Gasteiger partial charge in [-0.2, -0.15) is 0 Å². The first-order valence-corrected chi connectivity index (χ1v) is 43.2. The Bertz CT molecular complexity index is 2180. The molecule has 0 radical (unpaired) electrons. The van der Waals surface area contributed by atoms with E-state index in [0.717, 1.165) is 161 Å². The predicted molar refractivity (Wildman–Crippen MR) is 409 cm³/mol. The van der Waals surface area contributed by atoms with E-state index in [0.29, 0.717) is 25.7 Å². The number of allylic oxidation sites excluding steroid dienone is 12. The van der Waals surface area contributed by atoms with Crippen LogP contribution in [0.4, 0.5) is 0 Å².